The van der Waals surface area contributed by atoms with Crippen molar-refractivity contribution in [3.8, 4) is 0 Å². The predicted octanol–water partition coefficient (Wildman–Crippen LogP) is 2.30. The molecule has 0 aromatic rings. The Morgan fingerprint density at radius 2 is 1.59 bits per heavy atom. The van der Waals surface area contributed by atoms with Gasteiger partial charge in [-0.25, -0.2) is 0 Å². The number of nitrogens with zero attached hydrogens (tertiary/aromatic N) is 4. The van der Waals surface area contributed by atoms with E-state index in [4.69, 9.17) is 4.99 Å². The number of nitrogens with one attached hydrogen (secondary N) is 2. The highest BCUT2D eigenvalue weighted by Gasteiger charge is 2.18. The lowest BCUT2D eigenvalue weighted by atomic mass is 10.2. The van der Waals surface area contributed by atoms with Crippen molar-refractivity contribution in [3.05, 3.63) is 0 Å². The van der Waals surface area contributed by atoms with E-state index < -0.39 is 0 Å². The lowest BCUT2D eigenvalue weighted by Gasteiger charge is -2.35. The fourth-order valence-electron chi connectivity index (χ4n) is 3.52. The largest absolute Gasteiger partial charge is 0.357 e. The zero-order valence-electron chi connectivity index (χ0n) is 18.8. The van der Waals surface area contributed by atoms with Gasteiger partial charge in [-0.3, -0.25) is 14.8 Å². The van der Waals surface area contributed by atoms with Gasteiger partial charge in [0.25, 0.3) is 0 Å². The van der Waals surface area contributed by atoms with Crippen LogP contribution in [0.3, 0.4) is 0 Å². The van der Waals surface area contributed by atoms with Gasteiger partial charge in [-0.1, -0.05) is 0 Å². The van der Waals surface area contributed by atoms with Crippen LogP contribution in [-0.4, -0.2) is 98.2 Å². The van der Waals surface area contributed by atoms with E-state index >= 15 is 0 Å². The highest BCUT2D eigenvalue weighted by molar-refractivity contribution is 14.0. The maximum absolute atomic E-state index is 4.82. The van der Waals surface area contributed by atoms with Crippen LogP contribution in [0.1, 0.15) is 48.0 Å². The van der Waals surface area contributed by atoms with Crippen LogP contribution >= 0.6 is 24.0 Å². The zero-order valence-corrected chi connectivity index (χ0v) is 21.1. The standard InChI is InChI=1S/C20H44N6.HI/c1-8-21-20(22-10-9-11-26(17(2)3)18(4)5)23-16-19(6)25-14-12-24(7)13-15-25;/h17-19H,8-16H2,1-7H3,(H2,21,22,23);1H. The third kappa shape index (κ3) is 10.9. The molecule has 0 aromatic heterocycles. The van der Waals surface area contributed by atoms with E-state index in [1.54, 1.807) is 0 Å². The van der Waals surface area contributed by atoms with Crippen LogP contribution in [0.15, 0.2) is 4.99 Å². The number of hydrogen-bond donors (Lipinski definition) is 2. The van der Waals surface area contributed by atoms with Crippen molar-refractivity contribution in [2.45, 2.75) is 66.1 Å². The maximum Gasteiger partial charge on any atom is 0.191 e. The molecule has 1 aliphatic rings. The summed E-state index contributed by atoms with van der Waals surface area (Å²) in [5.74, 6) is 0.953. The summed E-state index contributed by atoms with van der Waals surface area (Å²) in [6.45, 7) is 22.0. The third-order valence-corrected chi connectivity index (χ3v) is 5.23. The van der Waals surface area contributed by atoms with Crippen LogP contribution in [0.25, 0.3) is 0 Å². The summed E-state index contributed by atoms with van der Waals surface area (Å²) in [6.07, 6.45) is 1.13. The highest BCUT2D eigenvalue weighted by Crippen LogP contribution is 2.06. The molecule has 0 bridgehead atoms. The summed E-state index contributed by atoms with van der Waals surface area (Å²) in [5.41, 5.74) is 0. The molecule has 27 heavy (non-hydrogen) atoms. The molecule has 0 spiro atoms. The Balaban J connectivity index is 0.00000676. The van der Waals surface area contributed by atoms with Crippen molar-refractivity contribution in [3.63, 3.8) is 0 Å². The third-order valence-electron chi connectivity index (χ3n) is 5.23. The van der Waals surface area contributed by atoms with Crippen molar-refractivity contribution in [1.29, 1.82) is 0 Å². The number of likely N-dealkylation sites (N-methyl/N-ethyl adjacent to an activating group) is 1. The lowest BCUT2D eigenvalue weighted by Crippen LogP contribution is -2.49. The summed E-state index contributed by atoms with van der Waals surface area (Å²) in [6, 6.07) is 1.69. The fraction of sp³-hybridized carbons (Fsp3) is 0.950. The van der Waals surface area contributed by atoms with Gasteiger partial charge >= 0.3 is 0 Å². The average Bonchev–Trinajstić information content (AvgIpc) is 2.59. The molecule has 2 N–H and O–H groups in total. The van der Waals surface area contributed by atoms with Crippen LogP contribution < -0.4 is 10.6 Å². The van der Waals surface area contributed by atoms with E-state index in [2.05, 4.69) is 73.9 Å². The second-order valence-electron chi connectivity index (χ2n) is 8.11. The molecule has 1 atom stereocenters. The fourth-order valence-corrected chi connectivity index (χ4v) is 3.52. The van der Waals surface area contributed by atoms with Gasteiger partial charge in [-0.2, -0.15) is 0 Å². The van der Waals surface area contributed by atoms with Gasteiger partial charge in [0.1, 0.15) is 0 Å². The molecule has 1 unspecified atom stereocenters. The van der Waals surface area contributed by atoms with E-state index in [1.807, 2.05) is 0 Å². The van der Waals surface area contributed by atoms with Crippen molar-refractivity contribution < 1.29 is 0 Å². The van der Waals surface area contributed by atoms with Gasteiger partial charge in [0, 0.05) is 63.9 Å². The van der Waals surface area contributed by atoms with E-state index in [9.17, 15) is 0 Å². The van der Waals surface area contributed by atoms with Crippen LogP contribution in [0.2, 0.25) is 0 Å². The van der Waals surface area contributed by atoms with Gasteiger partial charge in [-0.05, 0) is 55.0 Å². The molecule has 0 aromatic carbocycles. The molecule has 6 nitrogen and oxygen atoms in total. The predicted molar refractivity (Wildman–Crippen MR) is 130 cm³/mol. The van der Waals surface area contributed by atoms with E-state index in [1.165, 1.54) is 0 Å². The molecule has 0 radical (unpaired) electrons. The van der Waals surface area contributed by atoms with Crippen molar-refractivity contribution in [2.24, 2.45) is 4.99 Å². The number of aliphatic imine (C=N–C) groups is 1. The van der Waals surface area contributed by atoms with Crippen LogP contribution in [0, 0.1) is 0 Å². The topological polar surface area (TPSA) is 46.1 Å². The van der Waals surface area contributed by atoms with Crippen LogP contribution in [0.5, 0.6) is 0 Å². The summed E-state index contributed by atoms with van der Waals surface area (Å²) in [4.78, 5) is 12.3. The first-order valence-corrected chi connectivity index (χ1v) is 10.6. The Hall–Kier alpha value is -0.120. The van der Waals surface area contributed by atoms with Gasteiger partial charge < -0.3 is 15.5 Å². The Morgan fingerprint density at radius 1 is 1.00 bits per heavy atom. The molecule has 1 fully saturated rings. The maximum atomic E-state index is 4.82. The molecular weight excluding hydrogens is 451 g/mol. The number of halogens is 1. The van der Waals surface area contributed by atoms with Crippen LogP contribution in [0.4, 0.5) is 0 Å². The molecule has 162 valence electrons. The summed E-state index contributed by atoms with van der Waals surface area (Å²) in [7, 11) is 2.20. The first kappa shape index (κ1) is 26.9. The molecule has 1 saturated heterocycles. The van der Waals surface area contributed by atoms with Gasteiger partial charge in [-0.15, -0.1) is 24.0 Å². The van der Waals surface area contributed by atoms with Gasteiger partial charge in [0.05, 0.1) is 6.54 Å². The zero-order chi connectivity index (χ0) is 19.5. The summed E-state index contributed by atoms with van der Waals surface area (Å²) in [5, 5.41) is 6.88. The van der Waals surface area contributed by atoms with Crippen molar-refractivity contribution >= 4 is 29.9 Å². The van der Waals surface area contributed by atoms with Crippen molar-refractivity contribution in [1.82, 2.24) is 25.3 Å². The number of rotatable bonds is 10. The molecule has 1 rings (SSSR count). The van der Waals surface area contributed by atoms with E-state index in [-0.39, 0.29) is 24.0 Å². The van der Waals surface area contributed by atoms with Crippen LogP contribution in [-0.2, 0) is 0 Å². The molecule has 0 saturated carbocycles. The summed E-state index contributed by atoms with van der Waals surface area (Å²) < 4.78 is 0. The smallest absolute Gasteiger partial charge is 0.191 e. The van der Waals surface area contributed by atoms with E-state index in [0.717, 1.165) is 64.7 Å². The Bertz CT molecular complexity index is 386. The van der Waals surface area contributed by atoms with Crippen molar-refractivity contribution in [2.75, 3.05) is 59.4 Å². The summed E-state index contributed by atoms with van der Waals surface area (Å²) >= 11 is 0. The highest BCUT2D eigenvalue weighted by atomic mass is 127. The normalized spacial score (nSPS) is 18.1. The number of guanidine groups is 1. The molecular formula is C20H45IN6. The first-order valence-electron chi connectivity index (χ1n) is 10.6. The van der Waals surface area contributed by atoms with Gasteiger partial charge in [0.15, 0.2) is 5.96 Å². The molecule has 1 aliphatic heterocycles. The molecule has 1 heterocycles. The minimum atomic E-state index is 0. The number of piperazine rings is 1. The average molecular weight is 497 g/mol. The minimum absolute atomic E-state index is 0. The SMILES string of the molecule is CCNC(=NCC(C)N1CCN(C)CC1)NCCCN(C(C)C)C(C)C.I. The quantitative estimate of drug-likeness (QED) is 0.210. The lowest BCUT2D eigenvalue weighted by molar-refractivity contribution is 0.122. The molecule has 7 heteroatoms. The second kappa shape index (κ2) is 14.8. The monoisotopic (exact) mass is 496 g/mol. The molecule has 0 aliphatic carbocycles. The minimum Gasteiger partial charge on any atom is -0.357 e. The van der Waals surface area contributed by atoms with E-state index in [0.29, 0.717) is 18.1 Å². The Kier molecular flexibility index (Phi) is 14.8. The Morgan fingerprint density at radius 3 is 2.11 bits per heavy atom. The Labute approximate surface area is 185 Å². The van der Waals surface area contributed by atoms with Gasteiger partial charge in [0.2, 0.25) is 0 Å². The molecule has 0 amide bonds. The number of hydrogen-bond acceptors (Lipinski definition) is 4. The first-order chi connectivity index (χ1) is 12.3. The second-order valence-corrected chi connectivity index (χ2v) is 8.11.